The number of methoxy groups -OCH3 is 2. The third-order valence-electron chi connectivity index (χ3n) is 5.16. The molecule has 2 heterocycles. The molecule has 0 bridgehead atoms. The zero-order chi connectivity index (χ0) is 19.9. The average Bonchev–Trinajstić information content (AvgIpc) is 2.77. The largest absolute Gasteiger partial charge is 0.493 e. The lowest BCUT2D eigenvalue weighted by atomic mass is 10.0. The van der Waals surface area contributed by atoms with Crippen LogP contribution in [0.1, 0.15) is 48.7 Å². The van der Waals surface area contributed by atoms with Crippen LogP contribution in [0.2, 0.25) is 0 Å². The third kappa shape index (κ3) is 4.52. The molecule has 1 atom stereocenters. The first-order valence-corrected chi connectivity index (χ1v) is 9.74. The number of benzene rings is 1. The van der Waals surface area contributed by atoms with Crippen molar-refractivity contribution in [3.05, 3.63) is 41.9 Å². The van der Waals surface area contributed by atoms with Crippen molar-refractivity contribution < 1.29 is 14.3 Å². The second-order valence-electron chi connectivity index (χ2n) is 6.88. The fraction of sp³-hybridized carbons (Fsp3) is 0.476. The van der Waals surface area contributed by atoms with Crippen molar-refractivity contribution in [1.29, 1.82) is 0 Å². The van der Waals surface area contributed by atoms with E-state index in [1.807, 2.05) is 18.2 Å². The molecule has 28 heavy (non-hydrogen) atoms. The minimum absolute atomic E-state index is 0.250. The predicted molar refractivity (Wildman–Crippen MR) is 108 cm³/mol. The molecular weight excluding hydrogens is 356 g/mol. The Morgan fingerprint density at radius 2 is 2.00 bits per heavy atom. The second-order valence-corrected chi connectivity index (χ2v) is 6.88. The Balaban J connectivity index is 1.62. The molecule has 0 spiro atoms. The molecule has 2 aromatic rings. The van der Waals surface area contributed by atoms with Gasteiger partial charge in [-0.3, -0.25) is 4.79 Å². The van der Waals surface area contributed by atoms with E-state index < -0.39 is 0 Å². The van der Waals surface area contributed by atoms with E-state index >= 15 is 0 Å². The maximum atomic E-state index is 12.4. The minimum Gasteiger partial charge on any atom is -0.493 e. The SMILES string of the molecule is CCC1CCCCN1c1cnc(C(=O)NCc2ccc(OC)c(OC)c2)cn1. The molecule has 1 aliphatic rings. The standard InChI is InChI=1S/C21H28N4O3/c1-4-16-7-5-6-10-25(16)20-14-22-17(13-23-20)21(26)24-12-15-8-9-18(27-2)19(11-15)28-3/h8-9,11,13-14,16H,4-7,10,12H2,1-3H3,(H,24,26). The van der Waals surface area contributed by atoms with Gasteiger partial charge in [0.2, 0.25) is 0 Å². The summed E-state index contributed by atoms with van der Waals surface area (Å²) in [6.45, 7) is 3.57. The highest BCUT2D eigenvalue weighted by molar-refractivity contribution is 5.92. The fourth-order valence-electron chi connectivity index (χ4n) is 3.58. The Labute approximate surface area is 166 Å². The molecule has 1 amide bonds. The summed E-state index contributed by atoms with van der Waals surface area (Å²) in [6.07, 6.45) is 7.98. The Hall–Kier alpha value is -2.83. The van der Waals surface area contributed by atoms with Gasteiger partial charge in [0.1, 0.15) is 11.5 Å². The number of carbonyl (C=O) groups excluding carboxylic acids is 1. The van der Waals surface area contributed by atoms with E-state index in [0.717, 1.165) is 24.3 Å². The molecule has 1 aromatic heterocycles. The van der Waals surface area contributed by atoms with Crippen molar-refractivity contribution in [2.45, 2.75) is 45.2 Å². The molecular formula is C21H28N4O3. The summed E-state index contributed by atoms with van der Waals surface area (Å²) < 4.78 is 10.5. The molecule has 1 aliphatic heterocycles. The highest BCUT2D eigenvalue weighted by atomic mass is 16.5. The van der Waals surface area contributed by atoms with Crippen LogP contribution in [0.4, 0.5) is 5.82 Å². The molecule has 1 fully saturated rings. The lowest BCUT2D eigenvalue weighted by Gasteiger charge is -2.35. The summed E-state index contributed by atoms with van der Waals surface area (Å²) in [5.41, 5.74) is 1.23. The van der Waals surface area contributed by atoms with E-state index in [9.17, 15) is 4.79 Å². The van der Waals surface area contributed by atoms with Crippen LogP contribution in [-0.4, -0.2) is 42.7 Å². The van der Waals surface area contributed by atoms with Gasteiger partial charge in [-0.1, -0.05) is 13.0 Å². The first-order chi connectivity index (χ1) is 13.7. The first-order valence-electron chi connectivity index (χ1n) is 9.74. The van der Waals surface area contributed by atoms with E-state index in [2.05, 4.69) is 27.1 Å². The minimum atomic E-state index is -0.250. The highest BCUT2D eigenvalue weighted by Gasteiger charge is 2.22. The number of piperidine rings is 1. The number of carbonyl (C=O) groups is 1. The summed E-state index contributed by atoms with van der Waals surface area (Å²) in [5.74, 6) is 1.88. The zero-order valence-corrected chi connectivity index (χ0v) is 16.8. The molecule has 150 valence electrons. The third-order valence-corrected chi connectivity index (χ3v) is 5.16. The van der Waals surface area contributed by atoms with Gasteiger partial charge in [-0.25, -0.2) is 9.97 Å². The molecule has 3 rings (SSSR count). The molecule has 1 N–H and O–H groups in total. The number of aromatic nitrogens is 2. The number of amides is 1. The Kier molecular flexibility index (Phi) is 6.68. The zero-order valence-electron chi connectivity index (χ0n) is 16.8. The van der Waals surface area contributed by atoms with Gasteiger partial charge < -0.3 is 19.7 Å². The summed E-state index contributed by atoms with van der Waals surface area (Å²) in [5, 5.41) is 2.87. The van der Waals surface area contributed by atoms with Gasteiger partial charge in [0.25, 0.3) is 5.91 Å². The molecule has 7 nitrogen and oxygen atoms in total. The summed E-state index contributed by atoms with van der Waals surface area (Å²) >= 11 is 0. The molecule has 0 saturated carbocycles. The van der Waals surface area contributed by atoms with Crippen molar-refractivity contribution >= 4 is 11.7 Å². The average molecular weight is 384 g/mol. The number of nitrogens with one attached hydrogen (secondary N) is 1. The van der Waals surface area contributed by atoms with Crippen LogP contribution >= 0.6 is 0 Å². The normalized spacial score (nSPS) is 16.5. The smallest absolute Gasteiger partial charge is 0.271 e. The topological polar surface area (TPSA) is 76.6 Å². The van der Waals surface area contributed by atoms with Crippen molar-refractivity contribution in [2.75, 3.05) is 25.7 Å². The molecule has 0 radical (unpaired) electrons. The van der Waals surface area contributed by atoms with Gasteiger partial charge in [-0.2, -0.15) is 0 Å². The lowest BCUT2D eigenvalue weighted by Crippen LogP contribution is -2.39. The van der Waals surface area contributed by atoms with Crippen molar-refractivity contribution in [3.8, 4) is 11.5 Å². The van der Waals surface area contributed by atoms with E-state index in [0.29, 0.717) is 29.8 Å². The van der Waals surface area contributed by atoms with Crippen molar-refractivity contribution in [3.63, 3.8) is 0 Å². The molecule has 1 aromatic carbocycles. The van der Waals surface area contributed by atoms with Crippen LogP contribution in [0.5, 0.6) is 11.5 Å². The quantitative estimate of drug-likeness (QED) is 0.790. The number of hydrogen-bond donors (Lipinski definition) is 1. The first kappa shape index (κ1) is 19.9. The van der Waals surface area contributed by atoms with Gasteiger partial charge >= 0.3 is 0 Å². The summed E-state index contributed by atoms with van der Waals surface area (Å²) in [6, 6.07) is 6.05. The Morgan fingerprint density at radius 1 is 1.18 bits per heavy atom. The van der Waals surface area contributed by atoms with Crippen LogP contribution in [0, 0.1) is 0 Å². The van der Waals surface area contributed by atoms with Gasteiger partial charge in [-0.05, 0) is 43.4 Å². The van der Waals surface area contributed by atoms with Gasteiger partial charge in [0.15, 0.2) is 11.5 Å². The monoisotopic (exact) mass is 384 g/mol. The lowest BCUT2D eigenvalue weighted by molar-refractivity contribution is 0.0945. The van der Waals surface area contributed by atoms with Gasteiger partial charge in [0.05, 0.1) is 26.6 Å². The Bertz CT molecular complexity index is 795. The van der Waals surface area contributed by atoms with Gasteiger partial charge in [-0.15, -0.1) is 0 Å². The van der Waals surface area contributed by atoms with E-state index in [1.165, 1.54) is 19.3 Å². The van der Waals surface area contributed by atoms with Crippen LogP contribution in [-0.2, 0) is 6.54 Å². The Morgan fingerprint density at radius 3 is 2.68 bits per heavy atom. The number of hydrogen-bond acceptors (Lipinski definition) is 6. The maximum Gasteiger partial charge on any atom is 0.271 e. The van der Waals surface area contributed by atoms with E-state index in [4.69, 9.17) is 9.47 Å². The second kappa shape index (κ2) is 9.39. The number of anilines is 1. The molecule has 0 aliphatic carbocycles. The summed E-state index contributed by atoms with van der Waals surface area (Å²) in [4.78, 5) is 23.6. The highest BCUT2D eigenvalue weighted by Crippen LogP contribution is 2.27. The maximum absolute atomic E-state index is 12.4. The molecule has 1 saturated heterocycles. The molecule has 7 heteroatoms. The van der Waals surface area contributed by atoms with Crippen LogP contribution in [0.15, 0.2) is 30.6 Å². The van der Waals surface area contributed by atoms with Crippen molar-refractivity contribution in [1.82, 2.24) is 15.3 Å². The van der Waals surface area contributed by atoms with Crippen LogP contribution in [0.3, 0.4) is 0 Å². The predicted octanol–water partition coefficient (Wildman–Crippen LogP) is 3.19. The van der Waals surface area contributed by atoms with E-state index in [1.54, 1.807) is 26.6 Å². The van der Waals surface area contributed by atoms with Crippen LogP contribution < -0.4 is 19.7 Å². The summed E-state index contributed by atoms with van der Waals surface area (Å²) in [7, 11) is 3.18. The number of ether oxygens (including phenoxy) is 2. The number of rotatable bonds is 7. The van der Waals surface area contributed by atoms with Crippen molar-refractivity contribution in [2.24, 2.45) is 0 Å². The molecule has 1 unspecified atom stereocenters. The van der Waals surface area contributed by atoms with Gasteiger partial charge in [0, 0.05) is 19.1 Å². The number of nitrogens with zero attached hydrogens (tertiary/aromatic N) is 3. The van der Waals surface area contributed by atoms with E-state index in [-0.39, 0.29) is 5.91 Å². The van der Waals surface area contributed by atoms with Crippen LogP contribution in [0.25, 0.3) is 0 Å². The fourth-order valence-corrected chi connectivity index (χ4v) is 3.58.